The highest BCUT2D eigenvalue weighted by atomic mass is 16.4. The lowest BCUT2D eigenvalue weighted by Crippen LogP contribution is -2.51. The maximum atomic E-state index is 11.7. The largest absolute Gasteiger partial charge is 0.480 e. The van der Waals surface area contributed by atoms with Crippen LogP contribution in [-0.4, -0.2) is 35.0 Å². The van der Waals surface area contributed by atoms with Crippen LogP contribution in [0.2, 0.25) is 0 Å². The van der Waals surface area contributed by atoms with E-state index in [4.69, 9.17) is 5.11 Å². The Bertz CT molecular complexity index is 333. The average molecular weight is 258 g/mol. The van der Waals surface area contributed by atoms with Gasteiger partial charge < -0.3 is 15.7 Å². The second kappa shape index (κ2) is 6.37. The third kappa shape index (κ3) is 5.16. The van der Waals surface area contributed by atoms with E-state index in [-0.39, 0.29) is 5.91 Å². The lowest BCUT2D eigenvalue weighted by atomic mass is 9.95. The van der Waals surface area contributed by atoms with Crippen LogP contribution in [0.1, 0.15) is 41.0 Å². The fraction of sp³-hybridized carbons (Fsp3) is 0.750. The molecule has 0 radical (unpaired) electrons. The first-order valence-electron chi connectivity index (χ1n) is 5.93. The second-order valence-corrected chi connectivity index (χ2v) is 5.25. The second-order valence-electron chi connectivity index (χ2n) is 5.25. The van der Waals surface area contributed by atoms with Crippen molar-refractivity contribution in [3.63, 3.8) is 0 Å². The molecule has 2 atom stereocenters. The normalized spacial score (nSPS) is 14.5. The van der Waals surface area contributed by atoms with Crippen LogP contribution >= 0.6 is 0 Å². The van der Waals surface area contributed by atoms with Crippen molar-refractivity contribution in [2.75, 3.05) is 0 Å². The number of aliphatic carboxylic acids is 1. The first-order chi connectivity index (χ1) is 8.09. The molecule has 0 aliphatic carbocycles. The van der Waals surface area contributed by atoms with Gasteiger partial charge >= 0.3 is 5.97 Å². The Balaban J connectivity index is 4.44. The van der Waals surface area contributed by atoms with Gasteiger partial charge in [0.25, 0.3) is 0 Å². The highest BCUT2D eigenvalue weighted by Crippen LogP contribution is 2.12. The maximum Gasteiger partial charge on any atom is 0.326 e. The van der Waals surface area contributed by atoms with Gasteiger partial charge in [-0.3, -0.25) is 9.59 Å². The zero-order valence-corrected chi connectivity index (χ0v) is 11.5. The number of nitrogens with one attached hydrogen (secondary N) is 2. The van der Waals surface area contributed by atoms with Gasteiger partial charge in [-0.25, -0.2) is 4.79 Å². The Hall–Kier alpha value is -1.59. The zero-order valence-electron chi connectivity index (χ0n) is 11.5. The summed E-state index contributed by atoms with van der Waals surface area (Å²) in [6.45, 7) is 8.39. The minimum absolute atomic E-state index is 0.256. The number of hydrogen-bond donors (Lipinski definition) is 3. The molecule has 0 aromatic heterocycles. The lowest BCUT2D eigenvalue weighted by Gasteiger charge is -2.22. The molecular weight excluding hydrogens is 236 g/mol. The molecule has 0 aliphatic heterocycles. The predicted molar refractivity (Wildman–Crippen MR) is 66.9 cm³/mol. The van der Waals surface area contributed by atoms with Crippen molar-refractivity contribution < 1.29 is 19.5 Å². The molecule has 2 amide bonds. The molecule has 0 bridgehead atoms. The molecule has 2 unspecified atom stereocenters. The number of carboxylic acids is 1. The summed E-state index contributed by atoms with van der Waals surface area (Å²) in [5, 5.41) is 13.7. The van der Waals surface area contributed by atoms with Crippen LogP contribution in [0, 0.1) is 5.41 Å². The van der Waals surface area contributed by atoms with Gasteiger partial charge in [0.2, 0.25) is 11.8 Å². The van der Waals surface area contributed by atoms with Crippen molar-refractivity contribution in [1.29, 1.82) is 0 Å². The predicted octanol–water partition coefficient (Wildman–Crippen LogP) is 0.517. The van der Waals surface area contributed by atoms with Gasteiger partial charge in [-0.05, 0) is 13.3 Å². The van der Waals surface area contributed by atoms with E-state index < -0.39 is 29.4 Å². The maximum absolute atomic E-state index is 11.7. The van der Waals surface area contributed by atoms with Gasteiger partial charge in [0.15, 0.2) is 0 Å². The Morgan fingerprint density at radius 1 is 1.17 bits per heavy atom. The first-order valence-corrected chi connectivity index (χ1v) is 5.93. The number of rotatable bonds is 5. The third-order valence-electron chi connectivity index (χ3n) is 2.44. The van der Waals surface area contributed by atoms with Crippen LogP contribution in [0.4, 0.5) is 0 Å². The first kappa shape index (κ1) is 16.4. The van der Waals surface area contributed by atoms with Crippen molar-refractivity contribution >= 4 is 17.8 Å². The number of carbonyl (C=O) groups excluding carboxylic acids is 2. The van der Waals surface area contributed by atoms with E-state index >= 15 is 0 Å². The van der Waals surface area contributed by atoms with Crippen LogP contribution in [0.15, 0.2) is 0 Å². The zero-order chi connectivity index (χ0) is 14.5. The molecule has 0 aliphatic rings. The summed E-state index contributed by atoms with van der Waals surface area (Å²) in [7, 11) is 0. The van der Waals surface area contributed by atoms with Gasteiger partial charge in [0.05, 0.1) is 0 Å². The van der Waals surface area contributed by atoms with E-state index in [1.165, 1.54) is 6.92 Å². The number of carboxylic acid groups (broad SMARTS) is 1. The minimum Gasteiger partial charge on any atom is -0.480 e. The molecule has 0 aromatic carbocycles. The monoisotopic (exact) mass is 258 g/mol. The van der Waals surface area contributed by atoms with Gasteiger partial charge in [0.1, 0.15) is 12.1 Å². The van der Waals surface area contributed by atoms with Gasteiger partial charge in [-0.2, -0.15) is 0 Å². The molecule has 0 saturated carbocycles. The molecule has 18 heavy (non-hydrogen) atoms. The molecule has 6 nitrogen and oxygen atoms in total. The molecule has 0 spiro atoms. The van der Waals surface area contributed by atoms with Gasteiger partial charge in [-0.1, -0.05) is 27.7 Å². The highest BCUT2D eigenvalue weighted by molar-refractivity contribution is 5.91. The number of hydrogen-bond acceptors (Lipinski definition) is 3. The van der Waals surface area contributed by atoms with E-state index in [9.17, 15) is 14.4 Å². The quantitative estimate of drug-likeness (QED) is 0.669. The number of amides is 2. The van der Waals surface area contributed by atoms with Gasteiger partial charge in [0, 0.05) is 5.41 Å². The van der Waals surface area contributed by atoms with E-state index in [1.54, 1.807) is 27.7 Å². The fourth-order valence-electron chi connectivity index (χ4n) is 1.11. The summed E-state index contributed by atoms with van der Waals surface area (Å²) in [6, 6.07) is -1.68. The van der Waals surface area contributed by atoms with Crippen LogP contribution in [0.25, 0.3) is 0 Å². The molecule has 6 heteroatoms. The van der Waals surface area contributed by atoms with Crippen LogP contribution in [0.3, 0.4) is 0 Å². The lowest BCUT2D eigenvalue weighted by molar-refractivity contribution is -0.142. The highest BCUT2D eigenvalue weighted by Gasteiger charge is 2.26. The van der Waals surface area contributed by atoms with E-state index in [0.717, 1.165) is 0 Å². The summed E-state index contributed by atoms with van der Waals surface area (Å²) in [6.07, 6.45) is 0.293. The van der Waals surface area contributed by atoms with Crippen LogP contribution in [0.5, 0.6) is 0 Å². The van der Waals surface area contributed by atoms with Crippen molar-refractivity contribution in [3.05, 3.63) is 0 Å². The van der Waals surface area contributed by atoms with Crippen molar-refractivity contribution in [3.8, 4) is 0 Å². The Morgan fingerprint density at radius 3 is 2.00 bits per heavy atom. The van der Waals surface area contributed by atoms with E-state index in [1.807, 2.05) is 0 Å². The molecule has 3 N–H and O–H groups in total. The molecule has 0 saturated heterocycles. The molecule has 104 valence electrons. The summed E-state index contributed by atoms with van der Waals surface area (Å²) in [4.78, 5) is 34.1. The van der Waals surface area contributed by atoms with Crippen molar-refractivity contribution in [1.82, 2.24) is 10.6 Å². The fourth-order valence-corrected chi connectivity index (χ4v) is 1.11. The van der Waals surface area contributed by atoms with Crippen LogP contribution < -0.4 is 10.6 Å². The van der Waals surface area contributed by atoms with Crippen molar-refractivity contribution in [2.45, 2.75) is 53.1 Å². The summed E-state index contributed by atoms with van der Waals surface area (Å²) >= 11 is 0. The topological polar surface area (TPSA) is 95.5 Å². The SMILES string of the molecule is CCC(NC(=O)C(C)NC(=O)C(C)(C)C)C(=O)O. The average Bonchev–Trinajstić information content (AvgIpc) is 2.23. The molecule has 0 fully saturated rings. The van der Waals surface area contributed by atoms with E-state index in [2.05, 4.69) is 10.6 Å². The van der Waals surface area contributed by atoms with E-state index in [0.29, 0.717) is 6.42 Å². The number of carbonyl (C=O) groups is 3. The summed E-state index contributed by atoms with van der Waals surface area (Å²) < 4.78 is 0. The Kier molecular flexibility index (Phi) is 5.81. The third-order valence-corrected chi connectivity index (χ3v) is 2.44. The smallest absolute Gasteiger partial charge is 0.326 e. The molecule has 0 rings (SSSR count). The van der Waals surface area contributed by atoms with Crippen molar-refractivity contribution in [2.24, 2.45) is 5.41 Å². The standard InChI is InChI=1S/C12H22N2O4/c1-6-8(10(16)17)14-9(15)7(2)13-11(18)12(3,4)5/h7-8H,6H2,1-5H3,(H,13,18)(H,14,15)(H,16,17). The summed E-state index contributed by atoms with van der Waals surface area (Å²) in [5.74, 6) is -1.84. The summed E-state index contributed by atoms with van der Waals surface area (Å²) in [5.41, 5.74) is -0.592. The van der Waals surface area contributed by atoms with Crippen LogP contribution in [-0.2, 0) is 14.4 Å². The Morgan fingerprint density at radius 2 is 1.67 bits per heavy atom. The Labute approximate surface area is 107 Å². The molecule has 0 aromatic rings. The molecule has 0 heterocycles. The van der Waals surface area contributed by atoms with Gasteiger partial charge in [-0.15, -0.1) is 0 Å². The minimum atomic E-state index is -1.08. The molecular formula is C12H22N2O4.